The molecular formula is C17H16ClN3O5. The molecule has 26 heavy (non-hydrogen) atoms. The molecule has 0 saturated carbocycles. The van der Waals surface area contributed by atoms with Gasteiger partial charge in [0.1, 0.15) is 11.3 Å². The summed E-state index contributed by atoms with van der Waals surface area (Å²) in [6.07, 6.45) is 0. The van der Waals surface area contributed by atoms with Crippen molar-refractivity contribution < 1.29 is 19.2 Å². The second-order valence-corrected chi connectivity index (χ2v) is 5.97. The topological polar surface area (TPSA) is 111 Å². The van der Waals surface area contributed by atoms with Crippen LogP contribution in [0.15, 0.2) is 36.4 Å². The third-order valence-corrected chi connectivity index (χ3v) is 3.52. The van der Waals surface area contributed by atoms with Crippen molar-refractivity contribution in [1.82, 2.24) is 10.9 Å². The van der Waals surface area contributed by atoms with E-state index >= 15 is 0 Å². The number of ether oxygens (including phenoxy) is 1. The molecule has 0 fully saturated rings. The molecule has 136 valence electrons. The predicted molar refractivity (Wildman–Crippen MR) is 95.1 cm³/mol. The lowest BCUT2D eigenvalue weighted by molar-refractivity contribution is -0.385. The zero-order chi connectivity index (χ0) is 19.3. The lowest BCUT2D eigenvalue weighted by Crippen LogP contribution is -2.44. The van der Waals surface area contributed by atoms with Gasteiger partial charge >= 0.3 is 0 Å². The van der Waals surface area contributed by atoms with E-state index in [1.165, 1.54) is 12.1 Å². The van der Waals surface area contributed by atoms with E-state index in [2.05, 4.69) is 10.9 Å². The highest BCUT2D eigenvalue weighted by atomic mass is 35.5. The maximum absolute atomic E-state index is 12.0. The van der Waals surface area contributed by atoms with Gasteiger partial charge in [-0.05, 0) is 49.2 Å². The molecule has 2 amide bonds. The number of hydrazine groups is 1. The van der Waals surface area contributed by atoms with Crippen LogP contribution in [-0.2, 0) is 4.79 Å². The fraction of sp³-hybridized carbons (Fsp3) is 0.176. The second-order valence-electron chi connectivity index (χ2n) is 5.53. The fourth-order valence-electron chi connectivity index (χ4n) is 2.24. The summed E-state index contributed by atoms with van der Waals surface area (Å²) in [5.74, 6) is -0.931. The van der Waals surface area contributed by atoms with E-state index in [9.17, 15) is 19.7 Å². The summed E-state index contributed by atoms with van der Waals surface area (Å²) in [6.45, 7) is 3.48. The van der Waals surface area contributed by atoms with E-state index in [1.54, 1.807) is 12.1 Å². The largest absolute Gasteiger partial charge is 0.484 e. The quantitative estimate of drug-likeness (QED) is 0.614. The summed E-state index contributed by atoms with van der Waals surface area (Å²) in [6, 6.07) is 9.11. The highest BCUT2D eigenvalue weighted by Crippen LogP contribution is 2.23. The molecule has 0 aliphatic carbocycles. The molecule has 0 unspecified atom stereocenters. The van der Waals surface area contributed by atoms with Gasteiger partial charge in [0.05, 0.1) is 4.92 Å². The first kappa shape index (κ1) is 19.2. The molecule has 0 aliphatic heterocycles. The van der Waals surface area contributed by atoms with Crippen LogP contribution in [0, 0.1) is 24.0 Å². The van der Waals surface area contributed by atoms with Gasteiger partial charge in [-0.25, -0.2) is 0 Å². The number of hydrogen-bond donors (Lipinski definition) is 2. The average Bonchev–Trinajstić information content (AvgIpc) is 2.56. The molecule has 2 N–H and O–H groups in total. The molecule has 8 nitrogen and oxygen atoms in total. The molecular weight excluding hydrogens is 362 g/mol. The molecule has 2 aromatic rings. The Balaban J connectivity index is 1.93. The van der Waals surface area contributed by atoms with Crippen LogP contribution in [-0.4, -0.2) is 23.3 Å². The standard InChI is InChI=1S/C17H16ClN3O5/c1-10-5-11(2)7-13(6-10)26-9-16(22)19-20-17(23)14-4-3-12(18)8-15(14)21(24)25/h3-8H,9H2,1-2H3,(H,19,22)(H,20,23). The van der Waals surface area contributed by atoms with Gasteiger partial charge in [0, 0.05) is 11.1 Å². The highest BCUT2D eigenvalue weighted by Gasteiger charge is 2.21. The van der Waals surface area contributed by atoms with E-state index in [0.29, 0.717) is 5.75 Å². The van der Waals surface area contributed by atoms with Gasteiger partial charge in [0.2, 0.25) is 0 Å². The summed E-state index contributed by atoms with van der Waals surface area (Å²) in [5, 5.41) is 11.1. The van der Waals surface area contributed by atoms with Crippen molar-refractivity contribution in [2.75, 3.05) is 6.61 Å². The molecule has 0 atom stereocenters. The predicted octanol–water partition coefficient (Wildman–Crippen LogP) is 2.71. The summed E-state index contributed by atoms with van der Waals surface area (Å²) in [5.41, 5.74) is 5.54. The molecule has 9 heteroatoms. The van der Waals surface area contributed by atoms with Crippen LogP contribution in [0.4, 0.5) is 5.69 Å². The van der Waals surface area contributed by atoms with Gasteiger partial charge in [-0.1, -0.05) is 17.7 Å². The minimum absolute atomic E-state index is 0.124. The minimum Gasteiger partial charge on any atom is -0.484 e. The Morgan fingerprint density at radius 1 is 1.12 bits per heavy atom. The van der Waals surface area contributed by atoms with Crippen molar-refractivity contribution in [1.29, 1.82) is 0 Å². The van der Waals surface area contributed by atoms with Gasteiger partial charge in [0.15, 0.2) is 6.61 Å². The Kier molecular flexibility index (Phi) is 6.13. The molecule has 2 rings (SSSR count). The smallest absolute Gasteiger partial charge is 0.283 e. The molecule has 0 radical (unpaired) electrons. The van der Waals surface area contributed by atoms with Crippen LogP contribution < -0.4 is 15.6 Å². The number of nitrogens with one attached hydrogen (secondary N) is 2. The molecule has 0 aromatic heterocycles. The SMILES string of the molecule is Cc1cc(C)cc(OCC(=O)NNC(=O)c2ccc(Cl)cc2[N+](=O)[O-])c1. The maximum Gasteiger partial charge on any atom is 0.283 e. The van der Waals surface area contributed by atoms with Crippen LogP contribution >= 0.6 is 11.6 Å². The summed E-state index contributed by atoms with van der Waals surface area (Å²) in [4.78, 5) is 34.1. The molecule has 0 aliphatic rings. The second kappa shape index (κ2) is 8.30. The van der Waals surface area contributed by atoms with Crippen LogP contribution in [0.3, 0.4) is 0 Å². The van der Waals surface area contributed by atoms with E-state index in [-0.39, 0.29) is 17.2 Å². The highest BCUT2D eigenvalue weighted by molar-refractivity contribution is 6.31. The van der Waals surface area contributed by atoms with Crippen molar-refractivity contribution in [2.45, 2.75) is 13.8 Å². The van der Waals surface area contributed by atoms with E-state index in [1.807, 2.05) is 19.9 Å². The number of carbonyl (C=O) groups excluding carboxylic acids is 2. The van der Waals surface area contributed by atoms with E-state index < -0.39 is 22.4 Å². The zero-order valence-electron chi connectivity index (χ0n) is 14.0. The van der Waals surface area contributed by atoms with Gasteiger partial charge in [-0.15, -0.1) is 0 Å². The lowest BCUT2D eigenvalue weighted by atomic mass is 10.1. The Labute approximate surface area is 154 Å². The summed E-state index contributed by atoms with van der Waals surface area (Å²) >= 11 is 5.69. The number of nitro groups is 1. The Bertz CT molecular complexity index is 849. The van der Waals surface area contributed by atoms with Gasteiger partial charge in [-0.3, -0.25) is 30.6 Å². The maximum atomic E-state index is 12.0. The fourth-order valence-corrected chi connectivity index (χ4v) is 2.41. The zero-order valence-corrected chi connectivity index (χ0v) is 14.8. The average molecular weight is 378 g/mol. The first-order chi connectivity index (χ1) is 12.3. The van der Waals surface area contributed by atoms with Crippen molar-refractivity contribution >= 4 is 29.1 Å². The normalized spacial score (nSPS) is 10.1. The molecule has 0 heterocycles. The lowest BCUT2D eigenvalue weighted by Gasteiger charge is -2.10. The van der Waals surface area contributed by atoms with Crippen molar-refractivity contribution in [2.24, 2.45) is 0 Å². The number of amides is 2. The molecule has 0 bridgehead atoms. The number of halogens is 1. The van der Waals surface area contributed by atoms with Gasteiger partial charge < -0.3 is 4.74 Å². The molecule has 0 spiro atoms. The van der Waals surface area contributed by atoms with Crippen molar-refractivity contribution in [3.8, 4) is 5.75 Å². The summed E-state index contributed by atoms with van der Waals surface area (Å²) in [7, 11) is 0. The number of hydrogen-bond acceptors (Lipinski definition) is 5. The number of rotatable bonds is 5. The van der Waals surface area contributed by atoms with E-state index in [4.69, 9.17) is 16.3 Å². The van der Waals surface area contributed by atoms with Crippen LogP contribution in [0.25, 0.3) is 0 Å². The van der Waals surface area contributed by atoms with Gasteiger partial charge in [0.25, 0.3) is 17.5 Å². The minimum atomic E-state index is -0.840. The number of nitro benzene ring substituents is 1. The third kappa shape index (κ3) is 5.18. The molecule has 0 saturated heterocycles. The van der Waals surface area contributed by atoms with Gasteiger partial charge in [-0.2, -0.15) is 0 Å². The summed E-state index contributed by atoms with van der Waals surface area (Å²) < 4.78 is 5.36. The van der Waals surface area contributed by atoms with Crippen LogP contribution in [0.2, 0.25) is 5.02 Å². The Hall–Kier alpha value is -3.13. The van der Waals surface area contributed by atoms with Crippen molar-refractivity contribution in [3.63, 3.8) is 0 Å². The Morgan fingerprint density at radius 3 is 2.38 bits per heavy atom. The number of aryl methyl sites for hydroxylation is 2. The Morgan fingerprint density at radius 2 is 1.77 bits per heavy atom. The van der Waals surface area contributed by atoms with Crippen LogP contribution in [0.1, 0.15) is 21.5 Å². The number of benzene rings is 2. The number of nitrogens with zero attached hydrogens (tertiary/aromatic N) is 1. The number of carbonyl (C=O) groups is 2. The first-order valence-electron chi connectivity index (χ1n) is 7.50. The van der Waals surface area contributed by atoms with E-state index in [0.717, 1.165) is 17.2 Å². The van der Waals surface area contributed by atoms with Crippen molar-refractivity contribution in [3.05, 3.63) is 68.2 Å². The monoisotopic (exact) mass is 377 g/mol. The third-order valence-electron chi connectivity index (χ3n) is 3.28. The van der Waals surface area contributed by atoms with Crippen LogP contribution in [0.5, 0.6) is 5.75 Å². The first-order valence-corrected chi connectivity index (χ1v) is 7.88. The molecule has 2 aromatic carbocycles.